The summed E-state index contributed by atoms with van der Waals surface area (Å²) in [6.07, 6.45) is -4.64. The molecule has 0 aliphatic rings. The molecule has 5 nitrogen and oxygen atoms in total. The van der Waals surface area contributed by atoms with Gasteiger partial charge in [-0.3, -0.25) is 0 Å². The fraction of sp³-hybridized carbons (Fsp3) is 0.364. The number of hydrogen-bond acceptors (Lipinski definition) is 4. The standard InChI is InChI=1S/C11H11ClF3N5/c1-5-9(12)6(2)20(19-5)8-4-7(16-3)17-10(18-8)11(13,14)15/h4H,1-3H3,(H,16,17,18). The Bertz CT molecular complexity index is 650. The van der Waals surface area contributed by atoms with Gasteiger partial charge >= 0.3 is 6.18 Å². The third-order valence-corrected chi connectivity index (χ3v) is 3.19. The van der Waals surface area contributed by atoms with E-state index in [4.69, 9.17) is 11.6 Å². The van der Waals surface area contributed by atoms with E-state index in [-0.39, 0.29) is 11.6 Å². The summed E-state index contributed by atoms with van der Waals surface area (Å²) in [6, 6.07) is 1.37. The fourth-order valence-corrected chi connectivity index (χ4v) is 1.76. The van der Waals surface area contributed by atoms with Gasteiger partial charge in [-0.2, -0.15) is 18.3 Å². The molecule has 0 aliphatic carbocycles. The van der Waals surface area contributed by atoms with Crippen LogP contribution in [0, 0.1) is 13.8 Å². The Labute approximate surface area is 117 Å². The number of alkyl halides is 3. The SMILES string of the molecule is CNc1cc(-n2nc(C)c(Cl)c2C)nc(C(F)(F)F)n1. The summed E-state index contributed by atoms with van der Waals surface area (Å²) < 4.78 is 39.6. The first-order valence-corrected chi connectivity index (χ1v) is 5.98. The van der Waals surface area contributed by atoms with Gasteiger partial charge < -0.3 is 5.32 Å². The van der Waals surface area contributed by atoms with Gasteiger partial charge in [-0.1, -0.05) is 11.6 Å². The first kappa shape index (κ1) is 14.6. The zero-order valence-electron chi connectivity index (χ0n) is 10.9. The minimum absolute atomic E-state index is 0.00387. The molecule has 0 unspecified atom stereocenters. The van der Waals surface area contributed by atoms with Crippen LogP contribution in [0.15, 0.2) is 6.07 Å². The molecule has 2 heterocycles. The van der Waals surface area contributed by atoms with E-state index in [1.807, 2.05) is 0 Å². The number of rotatable bonds is 2. The maximum Gasteiger partial charge on any atom is 0.451 e. The van der Waals surface area contributed by atoms with Crippen LogP contribution in [0.3, 0.4) is 0 Å². The van der Waals surface area contributed by atoms with Crippen molar-refractivity contribution in [2.75, 3.05) is 12.4 Å². The van der Waals surface area contributed by atoms with Crippen LogP contribution in [0.4, 0.5) is 19.0 Å². The van der Waals surface area contributed by atoms with E-state index >= 15 is 0 Å². The van der Waals surface area contributed by atoms with Gasteiger partial charge in [-0.25, -0.2) is 14.6 Å². The lowest BCUT2D eigenvalue weighted by atomic mass is 10.4. The molecule has 9 heteroatoms. The van der Waals surface area contributed by atoms with Crippen molar-refractivity contribution < 1.29 is 13.2 Å². The summed E-state index contributed by atoms with van der Waals surface area (Å²) in [5.41, 5.74) is 1.03. The second-order valence-electron chi connectivity index (χ2n) is 4.08. The average molecular weight is 306 g/mol. The van der Waals surface area contributed by atoms with Gasteiger partial charge in [0.25, 0.3) is 0 Å². The number of aromatic nitrogens is 4. The molecular formula is C11H11ClF3N5. The molecule has 0 aromatic carbocycles. The van der Waals surface area contributed by atoms with Crippen LogP contribution in [0.2, 0.25) is 5.02 Å². The first-order valence-electron chi connectivity index (χ1n) is 5.60. The van der Waals surface area contributed by atoms with Gasteiger partial charge in [0.15, 0.2) is 5.82 Å². The summed E-state index contributed by atoms with van der Waals surface area (Å²) in [7, 11) is 1.47. The van der Waals surface area contributed by atoms with Gasteiger partial charge in [-0.15, -0.1) is 0 Å². The lowest BCUT2D eigenvalue weighted by molar-refractivity contribution is -0.144. The largest absolute Gasteiger partial charge is 0.451 e. The third kappa shape index (κ3) is 2.55. The van der Waals surface area contributed by atoms with Gasteiger partial charge in [-0.05, 0) is 13.8 Å². The summed E-state index contributed by atoms with van der Waals surface area (Å²) in [4.78, 5) is 6.89. The van der Waals surface area contributed by atoms with Gasteiger partial charge in [0.2, 0.25) is 5.82 Å². The molecule has 0 atom stereocenters. The Morgan fingerprint density at radius 1 is 1.25 bits per heavy atom. The predicted molar refractivity (Wildman–Crippen MR) is 68.2 cm³/mol. The van der Waals surface area contributed by atoms with E-state index in [1.54, 1.807) is 13.8 Å². The van der Waals surface area contributed by atoms with Crippen LogP contribution in [0.5, 0.6) is 0 Å². The smallest absolute Gasteiger partial charge is 0.373 e. The van der Waals surface area contributed by atoms with Crippen LogP contribution in [-0.2, 0) is 6.18 Å². The molecule has 0 saturated heterocycles. The second kappa shape index (κ2) is 4.93. The lowest BCUT2D eigenvalue weighted by Crippen LogP contribution is -2.15. The normalized spacial score (nSPS) is 11.8. The Balaban J connectivity index is 2.64. The molecule has 2 rings (SSSR count). The van der Waals surface area contributed by atoms with Crippen molar-refractivity contribution >= 4 is 17.4 Å². The first-order chi connectivity index (χ1) is 9.24. The molecule has 1 N–H and O–H groups in total. The second-order valence-corrected chi connectivity index (χ2v) is 4.46. The number of nitrogens with zero attached hydrogens (tertiary/aromatic N) is 4. The molecule has 0 aliphatic heterocycles. The number of halogens is 4. The van der Waals surface area contributed by atoms with E-state index in [2.05, 4.69) is 20.4 Å². The number of aryl methyl sites for hydroxylation is 1. The van der Waals surface area contributed by atoms with Crippen LogP contribution >= 0.6 is 11.6 Å². The van der Waals surface area contributed by atoms with E-state index < -0.39 is 12.0 Å². The van der Waals surface area contributed by atoms with Gasteiger partial charge in [0.1, 0.15) is 5.82 Å². The van der Waals surface area contributed by atoms with E-state index in [1.165, 1.54) is 17.8 Å². The molecule has 0 spiro atoms. The van der Waals surface area contributed by atoms with Gasteiger partial charge in [0.05, 0.1) is 16.4 Å². The monoisotopic (exact) mass is 305 g/mol. The summed E-state index contributed by atoms with van der Waals surface area (Å²) in [6.45, 7) is 3.31. The molecule has 0 bridgehead atoms. The molecule has 20 heavy (non-hydrogen) atoms. The van der Waals surface area contributed by atoms with Crippen molar-refractivity contribution in [2.45, 2.75) is 20.0 Å². The molecule has 0 radical (unpaired) electrons. The fourth-order valence-electron chi connectivity index (χ4n) is 1.64. The van der Waals surface area contributed by atoms with Crippen LogP contribution in [0.25, 0.3) is 5.82 Å². The summed E-state index contributed by atoms with van der Waals surface area (Å²) >= 11 is 5.99. The van der Waals surface area contributed by atoms with E-state index in [9.17, 15) is 13.2 Å². The number of hydrogen-bond donors (Lipinski definition) is 1. The Hall–Kier alpha value is -1.83. The highest BCUT2D eigenvalue weighted by Crippen LogP contribution is 2.29. The highest BCUT2D eigenvalue weighted by Gasteiger charge is 2.35. The highest BCUT2D eigenvalue weighted by atomic mass is 35.5. The number of anilines is 1. The molecule has 0 amide bonds. The van der Waals surface area contributed by atoms with Crippen molar-refractivity contribution in [3.05, 3.63) is 28.3 Å². The molecular weight excluding hydrogens is 295 g/mol. The minimum atomic E-state index is -4.64. The van der Waals surface area contributed by atoms with Crippen molar-refractivity contribution in [3.63, 3.8) is 0 Å². The van der Waals surface area contributed by atoms with Crippen molar-refractivity contribution in [1.29, 1.82) is 0 Å². The molecule has 0 saturated carbocycles. The Morgan fingerprint density at radius 2 is 1.90 bits per heavy atom. The Morgan fingerprint density at radius 3 is 2.35 bits per heavy atom. The summed E-state index contributed by atoms with van der Waals surface area (Å²) in [5.74, 6) is -1.18. The lowest BCUT2D eigenvalue weighted by Gasteiger charge is -2.10. The van der Waals surface area contributed by atoms with Gasteiger partial charge in [0, 0.05) is 13.1 Å². The maximum absolute atomic E-state index is 12.8. The van der Waals surface area contributed by atoms with Crippen LogP contribution in [0.1, 0.15) is 17.2 Å². The average Bonchev–Trinajstić information content (AvgIpc) is 2.65. The van der Waals surface area contributed by atoms with E-state index in [0.29, 0.717) is 16.4 Å². The van der Waals surface area contributed by atoms with Crippen LogP contribution in [-0.4, -0.2) is 26.8 Å². The number of nitrogens with one attached hydrogen (secondary N) is 1. The topological polar surface area (TPSA) is 55.6 Å². The third-order valence-electron chi connectivity index (χ3n) is 2.64. The zero-order chi connectivity index (χ0) is 15.1. The van der Waals surface area contributed by atoms with Crippen molar-refractivity contribution in [3.8, 4) is 5.82 Å². The van der Waals surface area contributed by atoms with E-state index in [0.717, 1.165) is 0 Å². The molecule has 2 aromatic rings. The molecule has 2 aromatic heterocycles. The van der Waals surface area contributed by atoms with Crippen LogP contribution < -0.4 is 5.32 Å². The van der Waals surface area contributed by atoms with Crippen molar-refractivity contribution in [2.24, 2.45) is 0 Å². The highest BCUT2D eigenvalue weighted by molar-refractivity contribution is 6.31. The maximum atomic E-state index is 12.8. The zero-order valence-corrected chi connectivity index (χ0v) is 11.6. The minimum Gasteiger partial charge on any atom is -0.373 e. The Kier molecular flexibility index (Phi) is 3.59. The van der Waals surface area contributed by atoms with Crippen molar-refractivity contribution in [1.82, 2.24) is 19.7 Å². The quantitative estimate of drug-likeness (QED) is 0.926. The molecule has 108 valence electrons. The molecule has 0 fully saturated rings. The predicted octanol–water partition coefficient (Wildman–Crippen LogP) is 2.99. The summed E-state index contributed by atoms with van der Waals surface area (Å²) in [5, 5.41) is 7.04.